The van der Waals surface area contributed by atoms with Gasteiger partial charge in [0.25, 0.3) is 12.3 Å². The Kier molecular flexibility index (Phi) is 5.99. The van der Waals surface area contributed by atoms with Crippen LogP contribution in [-0.2, 0) is 11.3 Å². The van der Waals surface area contributed by atoms with Crippen LogP contribution in [0.3, 0.4) is 0 Å². The van der Waals surface area contributed by atoms with Crippen molar-refractivity contribution in [1.29, 1.82) is 0 Å². The lowest BCUT2D eigenvalue weighted by molar-refractivity contribution is -0.129. The van der Waals surface area contributed by atoms with Crippen LogP contribution in [0.2, 0.25) is 0 Å². The lowest BCUT2D eigenvalue weighted by Crippen LogP contribution is -2.28. The van der Waals surface area contributed by atoms with E-state index in [4.69, 9.17) is 4.74 Å². The number of alkyl halides is 2. The second kappa shape index (κ2) is 8.19. The molecule has 1 atom stereocenters. The number of amides is 1. The largest absolute Gasteiger partial charge is 0.472 e. The molecule has 0 spiro atoms. The minimum absolute atomic E-state index is 0.0562. The average molecular weight is 322 g/mol. The summed E-state index contributed by atoms with van der Waals surface area (Å²) < 4.78 is 29.0. The summed E-state index contributed by atoms with van der Waals surface area (Å²) in [5.74, 6) is -0.497. The Morgan fingerprint density at radius 1 is 1.26 bits per heavy atom. The number of pyridine rings is 1. The summed E-state index contributed by atoms with van der Waals surface area (Å²) in [6, 6.07) is 11.6. The zero-order valence-electron chi connectivity index (χ0n) is 12.2. The van der Waals surface area contributed by atoms with Gasteiger partial charge in [-0.05, 0) is 17.2 Å². The smallest absolute Gasteiger partial charge is 0.272 e. The van der Waals surface area contributed by atoms with E-state index < -0.39 is 25.0 Å². The molecule has 0 saturated carbocycles. The molecule has 0 aliphatic carbocycles. The van der Waals surface area contributed by atoms with E-state index in [0.29, 0.717) is 11.1 Å². The summed E-state index contributed by atoms with van der Waals surface area (Å²) in [6.07, 6.45) is -2.45. The third-order valence-electron chi connectivity index (χ3n) is 2.99. The molecule has 1 unspecified atom stereocenters. The third kappa shape index (κ3) is 5.30. The highest BCUT2D eigenvalue weighted by Gasteiger charge is 2.16. The fraction of sp³-hybridized carbons (Fsp3) is 0.250. The van der Waals surface area contributed by atoms with Gasteiger partial charge in [-0.25, -0.2) is 13.8 Å². The standard InChI is InChI=1S/C16H16F2N2O3/c17-13(18)10-23-14-8-11(6-7-19-14)9-20-16(22)15(21)12-4-2-1-3-5-12/h1-8,13,15,21H,9-10H2,(H,20,22). The number of carbonyl (C=O) groups is 1. The lowest BCUT2D eigenvalue weighted by Gasteiger charge is -2.12. The minimum Gasteiger partial charge on any atom is -0.472 e. The van der Waals surface area contributed by atoms with Crippen molar-refractivity contribution < 1.29 is 23.4 Å². The van der Waals surface area contributed by atoms with Gasteiger partial charge in [0, 0.05) is 18.8 Å². The van der Waals surface area contributed by atoms with Crippen molar-refractivity contribution >= 4 is 5.91 Å². The van der Waals surface area contributed by atoms with Crippen LogP contribution in [0.5, 0.6) is 5.88 Å². The maximum absolute atomic E-state index is 12.1. The van der Waals surface area contributed by atoms with Gasteiger partial charge in [-0.2, -0.15) is 0 Å². The Bertz CT molecular complexity index is 638. The fourth-order valence-electron chi connectivity index (χ4n) is 1.86. The molecule has 1 amide bonds. The molecular weight excluding hydrogens is 306 g/mol. The molecule has 1 heterocycles. The molecule has 2 rings (SSSR count). The Labute approximate surface area is 131 Å². The zero-order valence-corrected chi connectivity index (χ0v) is 12.2. The average Bonchev–Trinajstić information content (AvgIpc) is 2.58. The van der Waals surface area contributed by atoms with Crippen molar-refractivity contribution in [2.75, 3.05) is 6.61 Å². The molecule has 23 heavy (non-hydrogen) atoms. The molecule has 0 fully saturated rings. The first-order chi connectivity index (χ1) is 11.1. The highest BCUT2D eigenvalue weighted by Crippen LogP contribution is 2.13. The van der Waals surface area contributed by atoms with Crippen molar-refractivity contribution in [3.8, 4) is 5.88 Å². The summed E-state index contributed by atoms with van der Waals surface area (Å²) >= 11 is 0. The van der Waals surface area contributed by atoms with Gasteiger partial charge < -0.3 is 15.2 Å². The molecule has 0 saturated heterocycles. The number of nitrogens with zero attached hydrogens (tertiary/aromatic N) is 1. The maximum Gasteiger partial charge on any atom is 0.272 e. The van der Waals surface area contributed by atoms with Crippen molar-refractivity contribution in [3.05, 3.63) is 59.8 Å². The molecule has 2 N–H and O–H groups in total. The number of aromatic nitrogens is 1. The third-order valence-corrected chi connectivity index (χ3v) is 2.99. The van der Waals surface area contributed by atoms with Gasteiger partial charge in [-0.3, -0.25) is 4.79 Å². The first kappa shape index (κ1) is 16.8. The van der Waals surface area contributed by atoms with Crippen LogP contribution in [0.1, 0.15) is 17.2 Å². The van der Waals surface area contributed by atoms with Gasteiger partial charge in [-0.1, -0.05) is 30.3 Å². The molecule has 7 heteroatoms. The van der Waals surface area contributed by atoms with Crippen LogP contribution in [0.4, 0.5) is 8.78 Å². The molecule has 2 aromatic rings. The zero-order chi connectivity index (χ0) is 16.7. The van der Waals surface area contributed by atoms with E-state index in [1.807, 2.05) is 0 Å². The van der Waals surface area contributed by atoms with Crippen LogP contribution in [0.25, 0.3) is 0 Å². The monoisotopic (exact) mass is 322 g/mol. The number of hydrogen-bond acceptors (Lipinski definition) is 4. The van der Waals surface area contributed by atoms with E-state index in [2.05, 4.69) is 10.3 Å². The number of ether oxygens (including phenoxy) is 1. The van der Waals surface area contributed by atoms with Crippen molar-refractivity contribution in [1.82, 2.24) is 10.3 Å². The van der Waals surface area contributed by atoms with Gasteiger partial charge in [0.15, 0.2) is 12.7 Å². The highest BCUT2D eigenvalue weighted by atomic mass is 19.3. The van der Waals surface area contributed by atoms with Crippen molar-refractivity contribution in [2.24, 2.45) is 0 Å². The van der Waals surface area contributed by atoms with Crippen LogP contribution in [-0.4, -0.2) is 29.0 Å². The predicted molar refractivity (Wildman–Crippen MR) is 79.0 cm³/mol. The summed E-state index contributed by atoms with van der Waals surface area (Å²) in [6.45, 7) is -0.619. The summed E-state index contributed by atoms with van der Waals surface area (Å²) in [4.78, 5) is 15.7. The quantitative estimate of drug-likeness (QED) is 0.819. The number of aliphatic hydroxyl groups excluding tert-OH is 1. The van der Waals surface area contributed by atoms with Crippen molar-refractivity contribution in [2.45, 2.75) is 19.1 Å². The van der Waals surface area contributed by atoms with Crippen LogP contribution >= 0.6 is 0 Å². The SMILES string of the molecule is O=C(NCc1ccnc(OCC(F)F)c1)C(O)c1ccccc1. The first-order valence-electron chi connectivity index (χ1n) is 6.93. The van der Waals surface area contributed by atoms with Crippen LogP contribution in [0.15, 0.2) is 48.7 Å². The number of carbonyl (C=O) groups excluding carboxylic acids is 1. The molecule has 5 nitrogen and oxygen atoms in total. The van der Waals surface area contributed by atoms with E-state index in [-0.39, 0.29) is 12.4 Å². The normalized spacial score (nSPS) is 12.0. The summed E-state index contributed by atoms with van der Waals surface area (Å²) in [5.41, 5.74) is 1.11. The summed E-state index contributed by atoms with van der Waals surface area (Å²) in [7, 11) is 0. The lowest BCUT2D eigenvalue weighted by atomic mass is 10.1. The van der Waals surface area contributed by atoms with E-state index in [1.165, 1.54) is 12.3 Å². The van der Waals surface area contributed by atoms with Gasteiger partial charge in [0.1, 0.15) is 0 Å². The Balaban J connectivity index is 1.90. The minimum atomic E-state index is -2.58. The first-order valence-corrected chi connectivity index (χ1v) is 6.93. The molecule has 1 aromatic heterocycles. The second-order valence-electron chi connectivity index (χ2n) is 4.74. The van der Waals surface area contributed by atoms with Crippen molar-refractivity contribution in [3.63, 3.8) is 0 Å². The molecule has 0 bridgehead atoms. The van der Waals surface area contributed by atoms with Gasteiger partial charge >= 0.3 is 0 Å². The highest BCUT2D eigenvalue weighted by molar-refractivity contribution is 5.81. The van der Waals surface area contributed by atoms with Crippen LogP contribution in [0, 0.1) is 0 Å². The van der Waals surface area contributed by atoms with E-state index in [1.54, 1.807) is 36.4 Å². The Morgan fingerprint density at radius 3 is 2.70 bits per heavy atom. The Hall–Kier alpha value is -2.54. The molecule has 0 aliphatic rings. The van der Waals surface area contributed by atoms with Crippen LogP contribution < -0.4 is 10.1 Å². The number of benzene rings is 1. The maximum atomic E-state index is 12.1. The summed E-state index contributed by atoms with van der Waals surface area (Å²) in [5, 5.41) is 12.5. The number of halogens is 2. The van der Waals surface area contributed by atoms with Gasteiger partial charge in [0.2, 0.25) is 5.88 Å². The predicted octanol–water partition coefficient (Wildman–Crippen LogP) is 2.08. The molecule has 1 aromatic carbocycles. The fourth-order valence-corrected chi connectivity index (χ4v) is 1.86. The Morgan fingerprint density at radius 2 is 2.00 bits per heavy atom. The number of aliphatic hydroxyl groups is 1. The number of rotatable bonds is 7. The molecule has 0 aliphatic heterocycles. The topological polar surface area (TPSA) is 71.5 Å². The second-order valence-corrected chi connectivity index (χ2v) is 4.74. The van der Waals surface area contributed by atoms with E-state index in [9.17, 15) is 18.7 Å². The van der Waals surface area contributed by atoms with Gasteiger partial charge in [0.05, 0.1) is 0 Å². The van der Waals surface area contributed by atoms with E-state index >= 15 is 0 Å². The van der Waals surface area contributed by atoms with Gasteiger partial charge in [-0.15, -0.1) is 0 Å². The number of hydrogen-bond donors (Lipinski definition) is 2. The van der Waals surface area contributed by atoms with E-state index in [0.717, 1.165) is 0 Å². The molecule has 0 radical (unpaired) electrons. The number of nitrogens with one attached hydrogen (secondary N) is 1. The molecular formula is C16H16F2N2O3. The molecule has 122 valence electrons.